The van der Waals surface area contributed by atoms with E-state index >= 15 is 0 Å². The fourth-order valence-electron chi connectivity index (χ4n) is 2.70. The minimum absolute atomic E-state index is 0.647. The second-order valence-electron chi connectivity index (χ2n) is 5.13. The molecular weight excluding hydrogens is 200 g/mol. The maximum atomic E-state index is 5.56. The van der Waals surface area contributed by atoms with Crippen molar-refractivity contribution < 1.29 is 4.74 Å². The Kier molecular flexibility index (Phi) is 4.62. The summed E-state index contributed by atoms with van der Waals surface area (Å²) in [6.07, 6.45) is 4.07. The Hall–Kier alpha value is -0.120. The first kappa shape index (κ1) is 12.3. The number of hydrogen-bond acceptors (Lipinski definition) is 3. The van der Waals surface area contributed by atoms with Crippen LogP contribution in [0.1, 0.15) is 33.1 Å². The Morgan fingerprint density at radius 1 is 1.38 bits per heavy atom. The summed E-state index contributed by atoms with van der Waals surface area (Å²) in [5.41, 5.74) is 0. The highest BCUT2D eigenvalue weighted by atomic mass is 16.5. The summed E-state index contributed by atoms with van der Waals surface area (Å²) in [4.78, 5) is 2.63. The zero-order chi connectivity index (χ0) is 11.4. The van der Waals surface area contributed by atoms with Crippen LogP contribution in [0.25, 0.3) is 0 Å². The van der Waals surface area contributed by atoms with E-state index in [1.165, 1.54) is 25.8 Å². The zero-order valence-corrected chi connectivity index (χ0v) is 10.7. The third-order valence-electron chi connectivity index (χ3n) is 3.91. The van der Waals surface area contributed by atoms with Crippen molar-refractivity contribution in [2.24, 2.45) is 5.92 Å². The van der Waals surface area contributed by atoms with Crippen LogP contribution in [0.3, 0.4) is 0 Å². The molecular formula is C13H26N2O. The van der Waals surface area contributed by atoms with E-state index in [1.54, 1.807) is 0 Å². The Bertz CT molecular complexity index is 206. The van der Waals surface area contributed by atoms with Gasteiger partial charge in [0.15, 0.2) is 0 Å². The molecule has 3 heteroatoms. The summed E-state index contributed by atoms with van der Waals surface area (Å²) < 4.78 is 5.56. The summed E-state index contributed by atoms with van der Waals surface area (Å²) in [5, 5.41) is 3.65. The first-order valence-electron chi connectivity index (χ1n) is 6.90. The lowest BCUT2D eigenvalue weighted by Gasteiger charge is -2.37. The van der Waals surface area contributed by atoms with E-state index in [9.17, 15) is 0 Å². The van der Waals surface area contributed by atoms with Gasteiger partial charge in [0.25, 0.3) is 0 Å². The molecule has 0 aromatic heterocycles. The van der Waals surface area contributed by atoms with E-state index in [0.717, 1.165) is 38.3 Å². The van der Waals surface area contributed by atoms with Crippen LogP contribution in [0.4, 0.5) is 0 Å². The van der Waals surface area contributed by atoms with Gasteiger partial charge in [0.05, 0.1) is 13.2 Å². The number of hydrogen-bond donors (Lipinski definition) is 1. The molecule has 0 radical (unpaired) electrons. The van der Waals surface area contributed by atoms with E-state index in [1.807, 2.05) is 0 Å². The van der Waals surface area contributed by atoms with Gasteiger partial charge in [0.1, 0.15) is 0 Å². The lowest BCUT2D eigenvalue weighted by atomic mass is 10.1. The molecule has 0 spiro atoms. The highest BCUT2D eigenvalue weighted by Gasteiger charge is 2.33. The van der Waals surface area contributed by atoms with Crippen LogP contribution in [-0.4, -0.2) is 49.8 Å². The smallest absolute Gasteiger partial charge is 0.0622 e. The molecule has 0 aromatic carbocycles. The molecule has 0 amide bonds. The first-order valence-corrected chi connectivity index (χ1v) is 6.90. The van der Waals surface area contributed by atoms with E-state index < -0.39 is 0 Å². The molecule has 0 aromatic rings. The van der Waals surface area contributed by atoms with Crippen LogP contribution < -0.4 is 5.32 Å². The lowest BCUT2D eigenvalue weighted by molar-refractivity contribution is -0.0135. The van der Waals surface area contributed by atoms with Crippen molar-refractivity contribution in [3.05, 3.63) is 0 Å². The Morgan fingerprint density at radius 2 is 2.19 bits per heavy atom. The molecule has 1 saturated heterocycles. The van der Waals surface area contributed by atoms with E-state index in [4.69, 9.17) is 4.74 Å². The zero-order valence-electron chi connectivity index (χ0n) is 10.7. The fraction of sp³-hybridized carbons (Fsp3) is 1.00. The number of nitrogens with one attached hydrogen (secondary N) is 1. The van der Waals surface area contributed by atoms with Gasteiger partial charge >= 0.3 is 0 Å². The maximum absolute atomic E-state index is 5.56. The van der Waals surface area contributed by atoms with Crippen molar-refractivity contribution in [3.8, 4) is 0 Å². The van der Waals surface area contributed by atoms with E-state index in [0.29, 0.717) is 6.04 Å². The lowest BCUT2D eigenvalue weighted by Crippen LogP contribution is -2.51. The van der Waals surface area contributed by atoms with Gasteiger partial charge in [-0.1, -0.05) is 13.8 Å². The van der Waals surface area contributed by atoms with Gasteiger partial charge in [-0.2, -0.15) is 0 Å². The summed E-state index contributed by atoms with van der Waals surface area (Å²) in [7, 11) is 0. The quantitative estimate of drug-likeness (QED) is 0.742. The average Bonchev–Trinajstić information content (AvgIpc) is 3.13. The number of rotatable bonds is 6. The summed E-state index contributed by atoms with van der Waals surface area (Å²) >= 11 is 0. The van der Waals surface area contributed by atoms with Crippen LogP contribution in [0.2, 0.25) is 0 Å². The van der Waals surface area contributed by atoms with Gasteiger partial charge in [-0.25, -0.2) is 0 Å². The van der Waals surface area contributed by atoms with Crippen molar-refractivity contribution >= 4 is 0 Å². The summed E-state index contributed by atoms with van der Waals surface area (Å²) in [5.74, 6) is 0.945. The standard InChI is InChI=1S/C13H26N2O/c1-3-12-10-16-8-7-15(12)9-13(14-4-2)11-5-6-11/h11-14H,3-10H2,1-2H3. The molecule has 2 fully saturated rings. The SMILES string of the molecule is CCNC(CN1CCOCC1CC)C1CC1. The minimum Gasteiger partial charge on any atom is -0.378 e. The van der Waals surface area contributed by atoms with Crippen molar-refractivity contribution in [3.63, 3.8) is 0 Å². The maximum Gasteiger partial charge on any atom is 0.0622 e. The molecule has 16 heavy (non-hydrogen) atoms. The molecule has 1 aliphatic carbocycles. The molecule has 0 bridgehead atoms. The molecule has 94 valence electrons. The third kappa shape index (κ3) is 3.19. The normalized spacial score (nSPS) is 29.2. The molecule has 1 N–H and O–H groups in total. The van der Waals surface area contributed by atoms with Crippen LogP contribution in [0.5, 0.6) is 0 Å². The largest absolute Gasteiger partial charge is 0.378 e. The summed E-state index contributed by atoms with van der Waals surface area (Å²) in [6, 6.07) is 1.37. The molecule has 3 nitrogen and oxygen atoms in total. The van der Waals surface area contributed by atoms with Gasteiger partial charge in [-0.05, 0) is 31.7 Å². The topological polar surface area (TPSA) is 24.5 Å². The fourth-order valence-corrected chi connectivity index (χ4v) is 2.70. The predicted molar refractivity (Wildman–Crippen MR) is 66.7 cm³/mol. The van der Waals surface area contributed by atoms with Gasteiger partial charge in [-0.15, -0.1) is 0 Å². The molecule has 1 heterocycles. The predicted octanol–water partition coefficient (Wildman–Crippen LogP) is 1.49. The van der Waals surface area contributed by atoms with E-state index in [-0.39, 0.29) is 0 Å². The third-order valence-corrected chi connectivity index (χ3v) is 3.91. The van der Waals surface area contributed by atoms with Crippen LogP contribution in [0.15, 0.2) is 0 Å². The Labute approximate surface area is 99.5 Å². The number of ether oxygens (including phenoxy) is 1. The highest BCUT2D eigenvalue weighted by molar-refractivity contribution is 4.90. The number of likely N-dealkylation sites (N-methyl/N-ethyl adjacent to an activating group) is 1. The van der Waals surface area contributed by atoms with Crippen molar-refractivity contribution in [1.82, 2.24) is 10.2 Å². The Balaban J connectivity index is 1.84. The van der Waals surface area contributed by atoms with Gasteiger partial charge < -0.3 is 10.1 Å². The molecule has 1 aliphatic heterocycles. The molecule has 2 unspecified atom stereocenters. The summed E-state index contributed by atoms with van der Waals surface area (Å²) in [6.45, 7) is 9.77. The number of nitrogens with zero attached hydrogens (tertiary/aromatic N) is 1. The second kappa shape index (κ2) is 5.99. The van der Waals surface area contributed by atoms with Crippen molar-refractivity contribution in [2.45, 2.75) is 45.2 Å². The molecule has 2 atom stereocenters. The van der Waals surface area contributed by atoms with Crippen LogP contribution in [-0.2, 0) is 4.74 Å². The van der Waals surface area contributed by atoms with E-state index in [2.05, 4.69) is 24.1 Å². The minimum atomic E-state index is 0.647. The van der Waals surface area contributed by atoms with Crippen molar-refractivity contribution in [2.75, 3.05) is 32.8 Å². The van der Waals surface area contributed by atoms with Crippen LogP contribution >= 0.6 is 0 Å². The average molecular weight is 226 g/mol. The van der Waals surface area contributed by atoms with Crippen molar-refractivity contribution in [1.29, 1.82) is 0 Å². The molecule has 2 rings (SSSR count). The highest BCUT2D eigenvalue weighted by Crippen LogP contribution is 2.33. The second-order valence-corrected chi connectivity index (χ2v) is 5.13. The van der Waals surface area contributed by atoms with Gasteiger partial charge in [-0.3, -0.25) is 4.90 Å². The Morgan fingerprint density at radius 3 is 2.81 bits per heavy atom. The van der Waals surface area contributed by atoms with Gasteiger partial charge in [0.2, 0.25) is 0 Å². The molecule has 1 saturated carbocycles. The van der Waals surface area contributed by atoms with Gasteiger partial charge in [0, 0.05) is 25.2 Å². The number of morpholine rings is 1. The monoisotopic (exact) mass is 226 g/mol. The molecule has 2 aliphatic rings. The first-order chi connectivity index (χ1) is 7.85. The van der Waals surface area contributed by atoms with Crippen LogP contribution in [0, 0.1) is 5.92 Å².